The quantitative estimate of drug-likeness (QED) is 0.839. The van der Waals surface area contributed by atoms with Gasteiger partial charge in [-0.05, 0) is 36.5 Å². The minimum absolute atomic E-state index is 0.553. The molecule has 0 radical (unpaired) electrons. The molecule has 2 aromatic rings. The molecule has 1 heterocycles. The summed E-state index contributed by atoms with van der Waals surface area (Å²) in [4.78, 5) is 4.32. The van der Waals surface area contributed by atoms with Crippen molar-refractivity contribution in [3.8, 4) is 0 Å². The molecule has 2 heteroatoms. The van der Waals surface area contributed by atoms with E-state index in [1.54, 1.807) is 0 Å². The molecule has 2 nitrogen and oxygen atoms in total. The largest absolute Gasteiger partial charge is 0.385 e. The van der Waals surface area contributed by atoms with Gasteiger partial charge in [0.25, 0.3) is 0 Å². The van der Waals surface area contributed by atoms with Crippen LogP contribution in [0.3, 0.4) is 0 Å². The SMILES string of the molecule is CC1CCC(O)(c2cncc3ccccc23)CC1C. The van der Waals surface area contributed by atoms with Crippen molar-refractivity contribution >= 4 is 10.8 Å². The summed E-state index contributed by atoms with van der Waals surface area (Å²) in [7, 11) is 0. The third kappa shape index (κ3) is 2.14. The lowest BCUT2D eigenvalue weighted by Gasteiger charge is -2.39. The number of nitrogens with zero attached hydrogens (tertiary/aromatic N) is 1. The first kappa shape index (κ1) is 12.6. The minimum Gasteiger partial charge on any atom is -0.385 e. The Morgan fingerprint density at radius 1 is 1.16 bits per heavy atom. The van der Waals surface area contributed by atoms with Gasteiger partial charge in [0.2, 0.25) is 0 Å². The fourth-order valence-corrected chi connectivity index (χ4v) is 3.32. The molecule has 1 N–H and O–H groups in total. The van der Waals surface area contributed by atoms with Gasteiger partial charge in [0.05, 0.1) is 5.60 Å². The molecular weight excluding hydrogens is 234 g/mol. The second kappa shape index (κ2) is 4.61. The van der Waals surface area contributed by atoms with Crippen LogP contribution in [0, 0.1) is 11.8 Å². The average molecular weight is 255 g/mol. The Labute approximate surface area is 114 Å². The van der Waals surface area contributed by atoms with Gasteiger partial charge in [-0.1, -0.05) is 38.1 Å². The van der Waals surface area contributed by atoms with Crippen LogP contribution in [0.5, 0.6) is 0 Å². The number of fused-ring (bicyclic) bond motifs is 1. The molecule has 1 saturated carbocycles. The number of aliphatic hydroxyl groups is 1. The van der Waals surface area contributed by atoms with Crippen LogP contribution < -0.4 is 0 Å². The monoisotopic (exact) mass is 255 g/mol. The number of aromatic nitrogens is 1. The first-order valence-corrected chi connectivity index (χ1v) is 7.16. The van der Waals surface area contributed by atoms with E-state index in [9.17, 15) is 5.11 Å². The van der Waals surface area contributed by atoms with Gasteiger partial charge in [-0.25, -0.2) is 0 Å². The van der Waals surface area contributed by atoms with Crippen molar-refractivity contribution in [3.05, 3.63) is 42.2 Å². The summed E-state index contributed by atoms with van der Waals surface area (Å²) in [6, 6.07) is 8.20. The normalized spacial score (nSPS) is 31.5. The Hall–Kier alpha value is -1.41. The van der Waals surface area contributed by atoms with Crippen LogP contribution in [0.1, 0.15) is 38.7 Å². The average Bonchev–Trinajstić information content (AvgIpc) is 2.43. The maximum absolute atomic E-state index is 11.1. The molecule has 0 spiro atoms. The second-order valence-corrected chi connectivity index (χ2v) is 6.14. The van der Waals surface area contributed by atoms with E-state index in [0.717, 1.165) is 35.6 Å². The van der Waals surface area contributed by atoms with Crippen molar-refractivity contribution in [3.63, 3.8) is 0 Å². The predicted molar refractivity (Wildman–Crippen MR) is 77.8 cm³/mol. The highest BCUT2D eigenvalue weighted by atomic mass is 16.3. The molecule has 1 aliphatic carbocycles. The van der Waals surface area contributed by atoms with Crippen LogP contribution in [0.4, 0.5) is 0 Å². The fraction of sp³-hybridized carbons (Fsp3) is 0.471. The highest BCUT2D eigenvalue weighted by Crippen LogP contribution is 2.44. The Kier molecular flexibility index (Phi) is 3.06. The molecule has 0 aliphatic heterocycles. The summed E-state index contributed by atoms with van der Waals surface area (Å²) in [5, 5.41) is 13.3. The summed E-state index contributed by atoms with van der Waals surface area (Å²) in [6.45, 7) is 4.53. The van der Waals surface area contributed by atoms with Gasteiger partial charge in [-0.15, -0.1) is 0 Å². The van der Waals surface area contributed by atoms with Gasteiger partial charge in [0.1, 0.15) is 0 Å². The highest BCUT2D eigenvalue weighted by molar-refractivity contribution is 5.85. The predicted octanol–water partition coefficient (Wildman–Crippen LogP) is 3.88. The van der Waals surface area contributed by atoms with Gasteiger partial charge < -0.3 is 5.11 Å². The number of rotatable bonds is 1. The maximum atomic E-state index is 11.1. The Morgan fingerprint density at radius 2 is 1.95 bits per heavy atom. The second-order valence-electron chi connectivity index (χ2n) is 6.14. The molecule has 100 valence electrons. The van der Waals surface area contributed by atoms with E-state index in [1.165, 1.54) is 0 Å². The van der Waals surface area contributed by atoms with E-state index in [-0.39, 0.29) is 0 Å². The Balaban J connectivity index is 2.09. The van der Waals surface area contributed by atoms with Crippen molar-refractivity contribution in [1.29, 1.82) is 0 Å². The summed E-state index contributed by atoms with van der Waals surface area (Å²) in [5.41, 5.74) is 0.295. The zero-order valence-electron chi connectivity index (χ0n) is 11.6. The lowest BCUT2D eigenvalue weighted by atomic mass is 9.70. The molecule has 0 amide bonds. The molecule has 3 unspecified atom stereocenters. The van der Waals surface area contributed by atoms with E-state index in [0.29, 0.717) is 11.8 Å². The summed E-state index contributed by atoms with van der Waals surface area (Å²) in [5.74, 6) is 1.25. The van der Waals surface area contributed by atoms with Gasteiger partial charge >= 0.3 is 0 Å². The van der Waals surface area contributed by atoms with Gasteiger partial charge in [0, 0.05) is 23.3 Å². The topological polar surface area (TPSA) is 33.1 Å². The van der Waals surface area contributed by atoms with E-state index < -0.39 is 5.60 Å². The van der Waals surface area contributed by atoms with Crippen LogP contribution in [0.15, 0.2) is 36.7 Å². The molecular formula is C17H21NO. The first-order valence-electron chi connectivity index (χ1n) is 7.16. The highest BCUT2D eigenvalue weighted by Gasteiger charge is 2.38. The van der Waals surface area contributed by atoms with Crippen molar-refractivity contribution < 1.29 is 5.11 Å². The summed E-state index contributed by atoms with van der Waals surface area (Å²) in [6.07, 6.45) is 6.49. The van der Waals surface area contributed by atoms with Crippen molar-refractivity contribution in [2.75, 3.05) is 0 Å². The summed E-state index contributed by atoms with van der Waals surface area (Å²) >= 11 is 0. The lowest BCUT2D eigenvalue weighted by Crippen LogP contribution is -2.35. The third-order valence-corrected chi connectivity index (χ3v) is 4.81. The van der Waals surface area contributed by atoms with Crippen LogP contribution >= 0.6 is 0 Å². The van der Waals surface area contributed by atoms with E-state index in [2.05, 4.69) is 31.0 Å². The zero-order chi connectivity index (χ0) is 13.5. The molecule has 1 aromatic carbocycles. The van der Waals surface area contributed by atoms with Crippen LogP contribution in [-0.4, -0.2) is 10.1 Å². The van der Waals surface area contributed by atoms with Crippen molar-refractivity contribution in [1.82, 2.24) is 4.98 Å². The van der Waals surface area contributed by atoms with Crippen molar-refractivity contribution in [2.45, 2.75) is 38.7 Å². The Bertz CT molecular complexity index is 589. The molecule has 1 fully saturated rings. The third-order valence-electron chi connectivity index (χ3n) is 4.81. The Morgan fingerprint density at radius 3 is 2.74 bits per heavy atom. The van der Waals surface area contributed by atoms with E-state index >= 15 is 0 Å². The fourth-order valence-electron chi connectivity index (χ4n) is 3.32. The van der Waals surface area contributed by atoms with Crippen LogP contribution in [0.2, 0.25) is 0 Å². The molecule has 3 atom stereocenters. The molecule has 1 aromatic heterocycles. The van der Waals surface area contributed by atoms with Gasteiger partial charge in [0.15, 0.2) is 0 Å². The molecule has 0 bridgehead atoms. The zero-order valence-corrected chi connectivity index (χ0v) is 11.6. The first-order chi connectivity index (χ1) is 9.10. The molecule has 0 saturated heterocycles. The molecule has 19 heavy (non-hydrogen) atoms. The van der Waals surface area contributed by atoms with Crippen LogP contribution in [-0.2, 0) is 5.60 Å². The summed E-state index contributed by atoms with van der Waals surface area (Å²) < 4.78 is 0. The number of hydrogen-bond acceptors (Lipinski definition) is 2. The molecule has 1 aliphatic rings. The van der Waals surface area contributed by atoms with Crippen molar-refractivity contribution in [2.24, 2.45) is 11.8 Å². The number of pyridine rings is 1. The molecule has 3 rings (SSSR count). The number of benzene rings is 1. The van der Waals surface area contributed by atoms with Gasteiger partial charge in [-0.2, -0.15) is 0 Å². The lowest BCUT2D eigenvalue weighted by molar-refractivity contribution is -0.0326. The van der Waals surface area contributed by atoms with E-state index in [4.69, 9.17) is 0 Å². The van der Waals surface area contributed by atoms with E-state index in [1.807, 2.05) is 24.5 Å². The smallest absolute Gasteiger partial charge is 0.0920 e. The number of hydrogen-bond donors (Lipinski definition) is 1. The van der Waals surface area contributed by atoms with Gasteiger partial charge in [-0.3, -0.25) is 4.98 Å². The standard InChI is InChI=1S/C17H21NO/c1-12-7-8-17(19,9-13(12)2)16-11-18-10-14-5-3-4-6-15(14)16/h3-6,10-13,19H,7-9H2,1-2H3. The maximum Gasteiger partial charge on any atom is 0.0920 e. The minimum atomic E-state index is -0.709. The van der Waals surface area contributed by atoms with Crippen LogP contribution in [0.25, 0.3) is 10.8 Å².